The van der Waals surface area contributed by atoms with Gasteiger partial charge in [0.25, 0.3) is 0 Å². The molecule has 2 bridgehead atoms. The number of allylic oxidation sites excluding steroid dienone is 2. The second-order valence-electron chi connectivity index (χ2n) is 6.70. The maximum atomic E-state index is 12.8. The first-order valence-electron chi connectivity index (χ1n) is 7.43. The van der Waals surface area contributed by atoms with Gasteiger partial charge in [0.1, 0.15) is 0 Å². The lowest BCUT2D eigenvalue weighted by molar-refractivity contribution is -0.137. The van der Waals surface area contributed by atoms with Crippen molar-refractivity contribution in [3.05, 3.63) is 12.2 Å². The number of nitrogens with one attached hydrogen (secondary N) is 1. The molecule has 3 fully saturated rings. The average molecular weight is 246 g/mol. The summed E-state index contributed by atoms with van der Waals surface area (Å²) >= 11 is 0. The summed E-state index contributed by atoms with van der Waals surface area (Å²) in [4.78, 5) is 15.0. The van der Waals surface area contributed by atoms with Crippen molar-refractivity contribution in [2.24, 2.45) is 29.6 Å². The molecule has 2 aliphatic carbocycles. The largest absolute Gasteiger partial charge is 0.339 e. The van der Waals surface area contributed by atoms with Crippen molar-refractivity contribution in [2.45, 2.75) is 25.8 Å². The van der Waals surface area contributed by atoms with Crippen molar-refractivity contribution in [1.29, 1.82) is 0 Å². The summed E-state index contributed by atoms with van der Waals surface area (Å²) in [5.74, 6) is 3.40. The standard InChI is InChI=1S/C15H22N2O/c1-9-14-7-16-6-12(14)8-17(9)15(18)13-5-10-2-3-11(13)4-10/h2-3,9-14,16H,4-8H2,1H3. The molecule has 0 spiro atoms. The molecule has 0 aromatic carbocycles. The summed E-state index contributed by atoms with van der Waals surface area (Å²) in [7, 11) is 0. The third kappa shape index (κ3) is 1.43. The van der Waals surface area contributed by atoms with Crippen molar-refractivity contribution in [3.8, 4) is 0 Å². The molecule has 6 unspecified atom stereocenters. The number of hydrogen-bond donors (Lipinski definition) is 1. The predicted molar refractivity (Wildman–Crippen MR) is 69.9 cm³/mol. The van der Waals surface area contributed by atoms with Crippen molar-refractivity contribution < 1.29 is 4.79 Å². The van der Waals surface area contributed by atoms with Gasteiger partial charge in [-0.3, -0.25) is 4.79 Å². The Kier molecular flexibility index (Phi) is 2.35. The Labute approximate surface area is 109 Å². The van der Waals surface area contributed by atoms with Gasteiger partial charge < -0.3 is 10.2 Å². The zero-order chi connectivity index (χ0) is 12.3. The van der Waals surface area contributed by atoms with E-state index in [0.29, 0.717) is 41.5 Å². The van der Waals surface area contributed by atoms with E-state index < -0.39 is 0 Å². The SMILES string of the molecule is CC1C2CNCC2CN1C(=O)C1CC2C=CC1C2. The fourth-order valence-electron chi connectivity index (χ4n) is 4.74. The van der Waals surface area contributed by atoms with E-state index in [2.05, 4.69) is 29.3 Å². The minimum Gasteiger partial charge on any atom is -0.339 e. The molecule has 2 aliphatic heterocycles. The van der Waals surface area contributed by atoms with Gasteiger partial charge in [-0.05, 0) is 43.4 Å². The van der Waals surface area contributed by atoms with E-state index in [4.69, 9.17) is 0 Å². The van der Waals surface area contributed by atoms with Gasteiger partial charge in [-0.15, -0.1) is 0 Å². The highest BCUT2D eigenvalue weighted by molar-refractivity contribution is 5.81. The third-order valence-corrected chi connectivity index (χ3v) is 5.81. The van der Waals surface area contributed by atoms with Crippen LogP contribution in [-0.2, 0) is 4.79 Å². The van der Waals surface area contributed by atoms with Gasteiger partial charge in [0.05, 0.1) is 0 Å². The van der Waals surface area contributed by atoms with Gasteiger partial charge in [-0.25, -0.2) is 0 Å². The van der Waals surface area contributed by atoms with E-state index in [1.807, 2.05) is 0 Å². The summed E-state index contributed by atoms with van der Waals surface area (Å²) in [6.07, 6.45) is 6.95. The predicted octanol–water partition coefficient (Wildman–Crippen LogP) is 1.26. The van der Waals surface area contributed by atoms with Gasteiger partial charge in [-0.1, -0.05) is 12.2 Å². The summed E-state index contributed by atoms with van der Waals surface area (Å²) in [6, 6.07) is 0.445. The third-order valence-electron chi connectivity index (χ3n) is 5.81. The zero-order valence-electron chi connectivity index (χ0n) is 11.0. The van der Waals surface area contributed by atoms with Crippen LogP contribution < -0.4 is 5.32 Å². The van der Waals surface area contributed by atoms with Crippen LogP contribution in [0.15, 0.2) is 12.2 Å². The molecule has 1 N–H and O–H groups in total. The maximum absolute atomic E-state index is 12.8. The van der Waals surface area contributed by atoms with Gasteiger partial charge in [0.15, 0.2) is 0 Å². The lowest BCUT2D eigenvalue weighted by Gasteiger charge is -2.29. The fraction of sp³-hybridized carbons (Fsp3) is 0.800. The second kappa shape index (κ2) is 3.83. The number of hydrogen-bond acceptors (Lipinski definition) is 2. The molecular weight excluding hydrogens is 224 g/mol. The Morgan fingerprint density at radius 3 is 2.83 bits per heavy atom. The van der Waals surface area contributed by atoms with Crippen molar-refractivity contribution >= 4 is 5.91 Å². The highest BCUT2D eigenvalue weighted by Gasteiger charge is 2.48. The minimum absolute atomic E-state index is 0.300. The van der Waals surface area contributed by atoms with Crippen LogP contribution in [0.1, 0.15) is 19.8 Å². The molecule has 3 nitrogen and oxygen atoms in total. The highest BCUT2D eigenvalue weighted by atomic mass is 16.2. The Bertz CT molecular complexity index is 405. The first kappa shape index (κ1) is 11.0. The van der Waals surface area contributed by atoms with E-state index in [-0.39, 0.29) is 0 Å². The van der Waals surface area contributed by atoms with Crippen molar-refractivity contribution in [2.75, 3.05) is 19.6 Å². The molecule has 3 heteroatoms. The van der Waals surface area contributed by atoms with E-state index in [9.17, 15) is 4.79 Å². The molecule has 2 saturated heterocycles. The number of likely N-dealkylation sites (tertiary alicyclic amines) is 1. The zero-order valence-corrected chi connectivity index (χ0v) is 11.0. The van der Waals surface area contributed by atoms with E-state index in [0.717, 1.165) is 26.1 Å². The molecule has 18 heavy (non-hydrogen) atoms. The lowest BCUT2D eigenvalue weighted by Crippen LogP contribution is -2.42. The quantitative estimate of drug-likeness (QED) is 0.707. The maximum Gasteiger partial charge on any atom is 0.226 e. The van der Waals surface area contributed by atoms with E-state index in [1.165, 1.54) is 6.42 Å². The Morgan fingerprint density at radius 2 is 2.17 bits per heavy atom. The fourth-order valence-corrected chi connectivity index (χ4v) is 4.74. The summed E-state index contributed by atoms with van der Waals surface area (Å²) in [5.41, 5.74) is 0. The smallest absolute Gasteiger partial charge is 0.226 e. The first-order valence-corrected chi connectivity index (χ1v) is 7.43. The molecule has 1 amide bonds. The molecule has 0 radical (unpaired) electrons. The van der Waals surface area contributed by atoms with Gasteiger partial charge in [-0.2, -0.15) is 0 Å². The summed E-state index contributed by atoms with van der Waals surface area (Å²) in [5, 5.41) is 3.46. The number of carbonyl (C=O) groups is 1. The number of nitrogens with zero attached hydrogens (tertiary/aromatic N) is 1. The molecule has 0 aromatic heterocycles. The molecule has 0 aromatic rings. The van der Waals surface area contributed by atoms with Crippen LogP contribution in [0.4, 0.5) is 0 Å². The topological polar surface area (TPSA) is 32.3 Å². The minimum atomic E-state index is 0.300. The normalized spacial score (nSPS) is 49.1. The van der Waals surface area contributed by atoms with Gasteiger partial charge >= 0.3 is 0 Å². The number of amides is 1. The molecule has 1 saturated carbocycles. The van der Waals surface area contributed by atoms with Crippen LogP contribution in [0.2, 0.25) is 0 Å². The molecule has 98 valence electrons. The van der Waals surface area contributed by atoms with Crippen LogP contribution in [0.3, 0.4) is 0 Å². The van der Waals surface area contributed by atoms with Crippen LogP contribution in [-0.4, -0.2) is 36.5 Å². The molecule has 6 atom stereocenters. The number of rotatable bonds is 1. The first-order chi connectivity index (χ1) is 8.74. The Hall–Kier alpha value is -0.830. The Balaban J connectivity index is 1.51. The van der Waals surface area contributed by atoms with Gasteiger partial charge in [0.2, 0.25) is 5.91 Å². The molecule has 2 heterocycles. The van der Waals surface area contributed by atoms with Crippen LogP contribution >= 0.6 is 0 Å². The number of carbonyl (C=O) groups excluding carboxylic acids is 1. The Morgan fingerprint density at radius 1 is 1.28 bits per heavy atom. The number of fused-ring (bicyclic) bond motifs is 3. The van der Waals surface area contributed by atoms with E-state index in [1.54, 1.807) is 0 Å². The van der Waals surface area contributed by atoms with Crippen molar-refractivity contribution in [1.82, 2.24) is 10.2 Å². The second-order valence-corrected chi connectivity index (χ2v) is 6.70. The summed E-state index contributed by atoms with van der Waals surface area (Å²) in [6.45, 7) is 5.45. The molecule has 4 rings (SSSR count). The van der Waals surface area contributed by atoms with Gasteiger partial charge in [0, 0.05) is 31.6 Å². The van der Waals surface area contributed by atoms with Crippen LogP contribution in [0, 0.1) is 29.6 Å². The average Bonchev–Trinajstić information content (AvgIpc) is 3.09. The molecular formula is C15H22N2O. The monoisotopic (exact) mass is 246 g/mol. The summed E-state index contributed by atoms with van der Waals surface area (Å²) < 4.78 is 0. The van der Waals surface area contributed by atoms with Crippen LogP contribution in [0.25, 0.3) is 0 Å². The van der Waals surface area contributed by atoms with Crippen LogP contribution in [0.5, 0.6) is 0 Å². The molecule has 4 aliphatic rings. The van der Waals surface area contributed by atoms with Crippen molar-refractivity contribution in [3.63, 3.8) is 0 Å². The van der Waals surface area contributed by atoms with E-state index >= 15 is 0 Å². The lowest BCUT2D eigenvalue weighted by atomic mass is 9.91. The highest BCUT2D eigenvalue weighted by Crippen LogP contribution is 2.45.